The Morgan fingerprint density at radius 3 is 2.40 bits per heavy atom. The molecule has 0 radical (unpaired) electrons. The van der Waals surface area contributed by atoms with Crippen molar-refractivity contribution in [2.75, 3.05) is 5.73 Å². The van der Waals surface area contributed by atoms with E-state index in [0.29, 0.717) is 24.1 Å². The number of nitrogen functional groups attached to an aromatic ring is 1. The zero-order valence-corrected chi connectivity index (χ0v) is 11.7. The minimum absolute atomic E-state index is 0.0723. The molecule has 0 saturated carbocycles. The van der Waals surface area contributed by atoms with Crippen molar-refractivity contribution >= 4 is 23.1 Å². The van der Waals surface area contributed by atoms with Gasteiger partial charge in [0.05, 0.1) is 5.02 Å². The summed E-state index contributed by atoms with van der Waals surface area (Å²) in [7, 11) is 0. The van der Waals surface area contributed by atoms with Crippen LogP contribution in [-0.4, -0.2) is 5.78 Å². The van der Waals surface area contributed by atoms with Gasteiger partial charge in [-0.2, -0.15) is 0 Å². The highest BCUT2D eigenvalue weighted by atomic mass is 35.5. The van der Waals surface area contributed by atoms with Crippen molar-refractivity contribution in [3.05, 3.63) is 64.4 Å². The smallest absolute Gasteiger partial charge is 0.142 e. The Morgan fingerprint density at radius 2 is 1.75 bits per heavy atom. The normalized spacial score (nSPS) is 10.5. The summed E-state index contributed by atoms with van der Waals surface area (Å²) < 4.78 is 13.3. The third-order valence-corrected chi connectivity index (χ3v) is 3.36. The minimum atomic E-state index is -0.490. The number of rotatable bonds is 5. The molecule has 2 rings (SSSR count). The van der Waals surface area contributed by atoms with Crippen molar-refractivity contribution < 1.29 is 9.18 Å². The average Bonchev–Trinajstić information content (AvgIpc) is 2.42. The van der Waals surface area contributed by atoms with E-state index in [1.165, 1.54) is 12.1 Å². The van der Waals surface area contributed by atoms with Crippen LogP contribution in [0.15, 0.2) is 42.5 Å². The summed E-state index contributed by atoms with van der Waals surface area (Å²) in [6, 6.07) is 11.9. The third-order valence-electron chi connectivity index (χ3n) is 3.06. The maximum Gasteiger partial charge on any atom is 0.142 e. The highest BCUT2D eigenvalue weighted by Gasteiger charge is 2.07. The lowest BCUT2D eigenvalue weighted by atomic mass is 10.0. The molecule has 0 fully saturated rings. The molecule has 0 bridgehead atoms. The number of hydrogen-bond acceptors (Lipinski definition) is 2. The molecule has 2 aromatic rings. The van der Waals surface area contributed by atoms with E-state index < -0.39 is 5.82 Å². The van der Waals surface area contributed by atoms with Crippen LogP contribution in [0.4, 0.5) is 10.1 Å². The van der Waals surface area contributed by atoms with E-state index in [1.807, 2.05) is 24.3 Å². The first-order valence-electron chi connectivity index (χ1n) is 6.34. The number of carbonyl (C=O) groups is 1. The van der Waals surface area contributed by atoms with E-state index in [9.17, 15) is 9.18 Å². The van der Waals surface area contributed by atoms with Crippen molar-refractivity contribution in [3.8, 4) is 0 Å². The van der Waals surface area contributed by atoms with Crippen LogP contribution in [0.5, 0.6) is 0 Å². The molecule has 2 N–H and O–H groups in total. The molecule has 0 spiro atoms. The molecule has 0 amide bonds. The van der Waals surface area contributed by atoms with Crippen molar-refractivity contribution in [3.63, 3.8) is 0 Å². The highest BCUT2D eigenvalue weighted by molar-refractivity contribution is 6.30. The lowest BCUT2D eigenvalue weighted by Gasteiger charge is -2.04. The zero-order valence-electron chi connectivity index (χ0n) is 10.9. The summed E-state index contributed by atoms with van der Waals surface area (Å²) >= 11 is 5.60. The third kappa shape index (κ3) is 4.07. The van der Waals surface area contributed by atoms with Crippen molar-refractivity contribution in [2.45, 2.75) is 19.3 Å². The molecule has 2 aromatic carbocycles. The average molecular weight is 292 g/mol. The second-order valence-electron chi connectivity index (χ2n) is 4.71. The van der Waals surface area contributed by atoms with Crippen molar-refractivity contribution in [1.82, 2.24) is 0 Å². The van der Waals surface area contributed by atoms with E-state index in [0.717, 1.165) is 5.56 Å². The molecule has 0 saturated heterocycles. The van der Waals surface area contributed by atoms with Crippen LogP contribution in [0, 0.1) is 5.82 Å². The standard InChI is InChI=1S/C16H15ClFNO/c17-15-8-4-12(10-16(15)18)9-14(20)7-3-11-1-5-13(19)6-2-11/h1-2,4-6,8,10H,3,7,9,19H2. The number of hydrogen-bond donors (Lipinski definition) is 1. The number of anilines is 1. The van der Waals surface area contributed by atoms with Gasteiger partial charge < -0.3 is 5.73 Å². The molecule has 104 valence electrons. The zero-order chi connectivity index (χ0) is 14.5. The fourth-order valence-electron chi connectivity index (χ4n) is 1.93. The SMILES string of the molecule is Nc1ccc(CCC(=O)Cc2ccc(Cl)c(F)c2)cc1. The van der Waals surface area contributed by atoms with E-state index in [1.54, 1.807) is 6.07 Å². The van der Waals surface area contributed by atoms with Crippen LogP contribution in [-0.2, 0) is 17.6 Å². The summed E-state index contributed by atoms with van der Waals surface area (Å²) in [6.07, 6.45) is 1.31. The van der Waals surface area contributed by atoms with Gasteiger partial charge in [0.1, 0.15) is 11.6 Å². The Balaban J connectivity index is 1.89. The lowest BCUT2D eigenvalue weighted by Crippen LogP contribution is -2.04. The fraction of sp³-hybridized carbons (Fsp3) is 0.188. The van der Waals surface area contributed by atoms with Gasteiger partial charge in [0.2, 0.25) is 0 Å². The Hall–Kier alpha value is -1.87. The van der Waals surface area contributed by atoms with Crippen LogP contribution in [0.3, 0.4) is 0 Å². The summed E-state index contributed by atoms with van der Waals surface area (Å²) in [4.78, 5) is 11.9. The first kappa shape index (κ1) is 14.5. The fourth-order valence-corrected chi connectivity index (χ4v) is 2.05. The molecule has 4 heteroatoms. The lowest BCUT2D eigenvalue weighted by molar-refractivity contribution is -0.118. The van der Waals surface area contributed by atoms with Gasteiger partial charge in [-0.05, 0) is 41.8 Å². The Labute approximate surface area is 122 Å². The van der Waals surface area contributed by atoms with Crippen molar-refractivity contribution in [2.24, 2.45) is 0 Å². The largest absolute Gasteiger partial charge is 0.399 e. The van der Waals surface area contributed by atoms with Gasteiger partial charge >= 0.3 is 0 Å². The van der Waals surface area contributed by atoms with Gasteiger partial charge in [-0.15, -0.1) is 0 Å². The summed E-state index contributed by atoms with van der Waals surface area (Å²) in [5.41, 5.74) is 8.02. The Kier molecular flexibility index (Phi) is 4.74. The second-order valence-corrected chi connectivity index (χ2v) is 5.11. The number of ketones is 1. The topological polar surface area (TPSA) is 43.1 Å². The van der Waals surface area contributed by atoms with Crippen LogP contribution in [0.1, 0.15) is 17.5 Å². The summed E-state index contributed by atoms with van der Waals surface area (Å²) in [6.45, 7) is 0. The van der Waals surface area contributed by atoms with Gasteiger partial charge in [-0.1, -0.05) is 29.8 Å². The first-order chi connectivity index (χ1) is 9.54. The van der Waals surface area contributed by atoms with E-state index in [-0.39, 0.29) is 17.2 Å². The number of halogens is 2. The van der Waals surface area contributed by atoms with Gasteiger partial charge in [-0.25, -0.2) is 4.39 Å². The van der Waals surface area contributed by atoms with Gasteiger partial charge in [0.15, 0.2) is 0 Å². The summed E-state index contributed by atoms with van der Waals surface area (Å²) in [5, 5.41) is 0.0723. The predicted molar refractivity (Wildman–Crippen MR) is 79.3 cm³/mol. The van der Waals surface area contributed by atoms with Crippen LogP contribution in [0.2, 0.25) is 5.02 Å². The maximum atomic E-state index is 13.3. The number of aryl methyl sites for hydroxylation is 1. The van der Waals surface area contributed by atoms with E-state index >= 15 is 0 Å². The maximum absolute atomic E-state index is 13.3. The molecular weight excluding hydrogens is 277 g/mol. The predicted octanol–water partition coefficient (Wildman–Crippen LogP) is 3.81. The minimum Gasteiger partial charge on any atom is -0.399 e. The Bertz CT molecular complexity index is 610. The number of Topliss-reactive ketones (excluding diaryl/α,β-unsaturated/α-hetero) is 1. The molecule has 0 aromatic heterocycles. The van der Waals surface area contributed by atoms with E-state index in [2.05, 4.69) is 0 Å². The second kappa shape index (κ2) is 6.53. The first-order valence-corrected chi connectivity index (χ1v) is 6.72. The monoisotopic (exact) mass is 291 g/mol. The van der Waals surface area contributed by atoms with Crippen LogP contribution in [0.25, 0.3) is 0 Å². The number of nitrogens with two attached hydrogens (primary N) is 1. The van der Waals surface area contributed by atoms with Gasteiger partial charge in [-0.3, -0.25) is 4.79 Å². The van der Waals surface area contributed by atoms with Gasteiger partial charge in [0, 0.05) is 18.5 Å². The molecule has 0 atom stereocenters. The molecule has 0 unspecified atom stereocenters. The van der Waals surface area contributed by atoms with Gasteiger partial charge in [0.25, 0.3) is 0 Å². The van der Waals surface area contributed by atoms with E-state index in [4.69, 9.17) is 17.3 Å². The van der Waals surface area contributed by atoms with Crippen LogP contribution < -0.4 is 5.73 Å². The highest BCUT2D eigenvalue weighted by Crippen LogP contribution is 2.16. The molecule has 2 nitrogen and oxygen atoms in total. The molecule has 0 heterocycles. The van der Waals surface area contributed by atoms with Crippen LogP contribution >= 0.6 is 11.6 Å². The Morgan fingerprint density at radius 1 is 1.10 bits per heavy atom. The summed E-state index contributed by atoms with van der Waals surface area (Å²) in [5.74, 6) is -0.418. The molecular formula is C16H15ClFNO. The quantitative estimate of drug-likeness (QED) is 0.851. The molecule has 0 aliphatic rings. The van der Waals surface area contributed by atoms with Crippen molar-refractivity contribution in [1.29, 1.82) is 0 Å². The molecule has 20 heavy (non-hydrogen) atoms. The number of benzene rings is 2. The number of carbonyl (C=O) groups excluding carboxylic acids is 1. The molecule has 0 aliphatic heterocycles. The molecule has 0 aliphatic carbocycles.